The SMILES string of the molecule is CC(O)C1NC(=O)C(N)CC(O)C(O)NC(=O)C2C(O)C(C)CN2C(=O)C(C(O)CC(N)=O)NC(=O)C(C(O)C(O)c2ccc(O)c(O[SH](=O)=O)c2)NC(=O)C2CC(O)CN2C1=O. The molecule has 1 aromatic carbocycles. The molecule has 15 atom stereocenters. The van der Waals surface area contributed by atoms with Gasteiger partial charge in [-0.25, -0.2) is 0 Å². The number of hydrogen-bond donors (Lipinski definition) is 16. The number of phenolic OH excluding ortho intramolecular Hbond substituents is 1. The van der Waals surface area contributed by atoms with Crippen molar-refractivity contribution in [2.24, 2.45) is 17.4 Å². The van der Waals surface area contributed by atoms with E-state index in [1.165, 1.54) is 6.92 Å². The summed E-state index contributed by atoms with van der Waals surface area (Å²) in [4.78, 5) is 96.6. The van der Waals surface area contributed by atoms with E-state index in [1.807, 2.05) is 10.6 Å². The number of carbonyl (C=O) groups is 7. The summed E-state index contributed by atoms with van der Waals surface area (Å²) in [7, 11) is -3.64. The highest BCUT2D eigenvalue weighted by molar-refractivity contribution is 7.67. The van der Waals surface area contributed by atoms with Gasteiger partial charge in [-0.2, -0.15) is 8.42 Å². The van der Waals surface area contributed by atoms with Crippen LogP contribution in [0.1, 0.15) is 44.8 Å². The third-order valence-corrected chi connectivity index (χ3v) is 11.1. The molecule has 3 aliphatic rings. The Morgan fingerprint density at radius 1 is 0.841 bits per heavy atom. The number of aliphatic hydroxyl groups is 8. The van der Waals surface area contributed by atoms with Crippen LogP contribution in [0.4, 0.5) is 0 Å². The second-order valence-electron chi connectivity index (χ2n) is 15.6. The van der Waals surface area contributed by atoms with Gasteiger partial charge in [0.1, 0.15) is 48.5 Å². The van der Waals surface area contributed by atoms with Gasteiger partial charge in [0, 0.05) is 31.8 Å². The van der Waals surface area contributed by atoms with Crippen molar-refractivity contribution in [3.05, 3.63) is 23.8 Å². The van der Waals surface area contributed by atoms with E-state index in [9.17, 15) is 87.9 Å². The van der Waals surface area contributed by atoms with Gasteiger partial charge in [0.05, 0.1) is 36.9 Å². The lowest BCUT2D eigenvalue weighted by Crippen LogP contribution is -2.64. The Hall–Kier alpha value is -5.30. The molecule has 0 aliphatic carbocycles. The van der Waals surface area contributed by atoms with Crippen LogP contribution in [0.3, 0.4) is 0 Å². The average molecular weight is 921 g/mol. The van der Waals surface area contributed by atoms with Gasteiger partial charge in [0.15, 0.2) is 17.7 Å². The molecule has 15 unspecified atom stereocenters. The lowest BCUT2D eigenvalue weighted by atomic mass is 9.96. The number of primary amides is 1. The summed E-state index contributed by atoms with van der Waals surface area (Å²) in [6, 6.07) is -9.71. The zero-order valence-corrected chi connectivity index (χ0v) is 34.4. The van der Waals surface area contributed by atoms with Crippen LogP contribution in [0, 0.1) is 5.92 Å². The lowest BCUT2D eigenvalue weighted by molar-refractivity contribution is -0.149. The quantitative estimate of drug-likeness (QED) is 0.102. The van der Waals surface area contributed by atoms with E-state index in [0.717, 1.165) is 25.1 Å². The minimum absolute atomic E-state index is 0.457. The van der Waals surface area contributed by atoms with Gasteiger partial charge >= 0.3 is 0 Å². The van der Waals surface area contributed by atoms with E-state index < -0.39 is 193 Å². The smallest absolute Gasteiger partial charge is 0.299 e. The van der Waals surface area contributed by atoms with Gasteiger partial charge < -0.3 is 92.7 Å². The summed E-state index contributed by atoms with van der Waals surface area (Å²) < 4.78 is 27.0. The van der Waals surface area contributed by atoms with Crippen molar-refractivity contribution in [1.29, 1.82) is 0 Å². The predicted molar refractivity (Wildman–Crippen MR) is 207 cm³/mol. The largest absolute Gasteiger partial charge is 0.504 e. The monoisotopic (exact) mass is 920 g/mol. The van der Waals surface area contributed by atoms with Crippen molar-refractivity contribution in [2.45, 2.75) is 118 Å². The highest BCUT2D eigenvalue weighted by Crippen LogP contribution is 2.32. The first-order valence-electron chi connectivity index (χ1n) is 19.3. The van der Waals surface area contributed by atoms with Crippen molar-refractivity contribution in [2.75, 3.05) is 13.1 Å². The molecule has 4 rings (SSSR count). The molecule has 27 nitrogen and oxygen atoms in total. The molecule has 3 fully saturated rings. The number of nitrogens with zero attached hydrogens (tertiary/aromatic N) is 2. The fourth-order valence-electron chi connectivity index (χ4n) is 7.38. The Morgan fingerprint density at radius 3 is 2.05 bits per heavy atom. The molecule has 0 aromatic heterocycles. The Bertz CT molecular complexity index is 1980. The fourth-order valence-corrected chi connectivity index (χ4v) is 7.69. The van der Waals surface area contributed by atoms with Crippen molar-refractivity contribution < 1.29 is 92.1 Å². The van der Waals surface area contributed by atoms with Crippen LogP contribution in [-0.4, -0.2) is 198 Å². The van der Waals surface area contributed by atoms with E-state index in [4.69, 9.17) is 11.5 Å². The summed E-state index contributed by atoms with van der Waals surface area (Å²) in [5, 5.41) is 106. The van der Waals surface area contributed by atoms with Gasteiger partial charge in [-0.3, -0.25) is 33.6 Å². The van der Waals surface area contributed by atoms with Crippen LogP contribution < -0.4 is 36.9 Å². The molecular weight excluding hydrogens is 868 g/mol. The predicted octanol–water partition coefficient (Wildman–Crippen LogP) is -9.54. The Morgan fingerprint density at radius 2 is 1.44 bits per heavy atom. The first-order valence-corrected chi connectivity index (χ1v) is 20.4. The zero-order valence-electron chi connectivity index (χ0n) is 33.5. The lowest BCUT2D eigenvalue weighted by Gasteiger charge is -2.34. The number of nitrogens with two attached hydrogens (primary N) is 2. The van der Waals surface area contributed by atoms with Crippen LogP contribution in [0.25, 0.3) is 0 Å². The molecular formula is C35H52N8O19S. The maximum atomic E-state index is 14.3. The number of phenols is 1. The molecule has 17 N–H and O–H groups in total. The van der Waals surface area contributed by atoms with Crippen molar-refractivity contribution >= 4 is 52.3 Å². The van der Waals surface area contributed by atoms with Gasteiger partial charge in [0.25, 0.3) is 11.0 Å². The maximum absolute atomic E-state index is 14.3. The van der Waals surface area contributed by atoms with Crippen LogP contribution in [0.2, 0.25) is 0 Å². The minimum Gasteiger partial charge on any atom is -0.504 e. The van der Waals surface area contributed by atoms with Crippen molar-refractivity contribution in [3.8, 4) is 11.5 Å². The molecule has 28 heteroatoms. The number of aromatic hydroxyl groups is 1. The first-order chi connectivity index (χ1) is 29.3. The normalized spacial score (nSPS) is 32.5. The summed E-state index contributed by atoms with van der Waals surface area (Å²) in [6.07, 6.45) is -18.8. The molecule has 0 spiro atoms. The Kier molecular flexibility index (Phi) is 16.7. The number of hydrogen-bond acceptors (Lipinski definition) is 20. The van der Waals surface area contributed by atoms with Crippen LogP contribution in [0.5, 0.6) is 11.5 Å². The zero-order chi connectivity index (χ0) is 47.4. The first kappa shape index (κ1) is 50.3. The number of thiol groups is 1. The van der Waals surface area contributed by atoms with Crippen LogP contribution >= 0.6 is 0 Å². The minimum atomic E-state index is -3.64. The van der Waals surface area contributed by atoms with Crippen molar-refractivity contribution in [3.63, 3.8) is 0 Å². The second-order valence-corrected chi connectivity index (χ2v) is 16.2. The Balaban J connectivity index is 1.88. The van der Waals surface area contributed by atoms with E-state index in [0.29, 0.717) is 9.80 Å². The number of amides is 7. The second kappa shape index (κ2) is 20.9. The van der Waals surface area contributed by atoms with Gasteiger partial charge in [-0.05, 0) is 24.6 Å². The number of rotatable bonds is 9. The molecule has 3 aliphatic heterocycles. The highest BCUT2D eigenvalue weighted by atomic mass is 32.2. The van der Waals surface area contributed by atoms with E-state index in [-0.39, 0.29) is 0 Å². The molecule has 7 amide bonds. The van der Waals surface area contributed by atoms with Gasteiger partial charge in [0.2, 0.25) is 41.4 Å². The maximum Gasteiger partial charge on any atom is 0.299 e. The molecule has 0 saturated carbocycles. The number of fused-ring (bicyclic) bond motifs is 2. The average Bonchev–Trinajstić information content (AvgIpc) is 3.74. The van der Waals surface area contributed by atoms with E-state index in [2.05, 4.69) is 14.8 Å². The third-order valence-electron chi connectivity index (χ3n) is 10.8. The summed E-state index contributed by atoms with van der Waals surface area (Å²) in [5.41, 5.74) is 10.7. The number of aliphatic hydroxyl groups excluding tert-OH is 8. The summed E-state index contributed by atoms with van der Waals surface area (Å²) in [5.74, 6) is -11.8. The number of carbonyl (C=O) groups excluding carboxylic acids is 7. The van der Waals surface area contributed by atoms with Crippen LogP contribution in [-0.2, 0) is 44.5 Å². The highest BCUT2D eigenvalue weighted by Gasteiger charge is 2.50. The molecule has 63 heavy (non-hydrogen) atoms. The van der Waals surface area contributed by atoms with Gasteiger partial charge in [-0.1, -0.05) is 13.0 Å². The Labute approximate surface area is 359 Å². The molecule has 0 bridgehead atoms. The standard InChI is InChI=1S/C35H52N8O19S/c1-11-9-43-25(26(11)50)33(57)41-31(55)19(48)7-15(36)29(53)38-22(12(2)44)34(58)42-10-14(45)6-16(42)30(54)40-24(32(56)39-23(35(43)59)18(47)8-21(37)49)28(52)27(51)13-3-4-17(46)20(5-13)62-63(60)61/h3-5,11-12,14-16,18-19,22-28,31,44-48,50-52,55,63H,6-10,36H2,1-2H3,(H2,37,49)(H,38,53)(H,39,56)(H,40,54)(H,41,57). The molecule has 3 saturated heterocycles. The summed E-state index contributed by atoms with van der Waals surface area (Å²) in [6.45, 7) is 1.33. The molecule has 352 valence electrons. The number of benzene rings is 1. The van der Waals surface area contributed by atoms with E-state index >= 15 is 0 Å². The van der Waals surface area contributed by atoms with Crippen LogP contribution in [0.15, 0.2) is 18.2 Å². The topological polar surface area (TPSA) is 452 Å². The summed E-state index contributed by atoms with van der Waals surface area (Å²) >= 11 is 0. The number of nitrogens with one attached hydrogen (secondary N) is 4. The van der Waals surface area contributed by atoms with Crippen molar-refractivity contribution in [1.82, 2.24) is 31.1 Å². The van der Waals surface area contributed by atoms with Gasteiger partial charge in [-0.15, -0.1) is 0 Å². The molecule has 0 radical (unpaired) electrons. The molecule has 3 heterocycles. The third kappa shape index (κ3) is 11.8. The van der Waals surface area contributed by atoms with E-state index in [1.54, 1.807) is 0 Å². The fraction of sp³-hybridized carbons (Fsp3) is 0.629. The molecule has 1 aromatic rings.